The number of fused-ring (bicyclic) bond motifs is 1. The SMILES string of the molecule is CN(C)CCCc1cccn1-c1nc2ccccc2s1. The molecule has 0 saturated heterocycles. The van der Waals surface area contributed by atoms with Crippen LogP contribution in [0, 0.1) is 0 Å². The molecule has 0 atom stereocenters. The van der Waals surface area contributed by atoms with Crippen molar-refractivity contribution >= 4 is 21.6 Å². The van der Waals surface area contributed by atoms with Gasteiger partial charge in [0.1, 0.15) is 0 Å². The van der Waals surface area contributed by atoms with Crippen molar-refractivity contribution in [3.05, 3.63) is 48.3 Å². The van der Waals surface area contributed by atoms with Crippen LogP contribution in [0.1, 0.15) is 12.1 Å². The maximum absolute atomic E-state index is 4.73. The highest BCUT2D eigenvalue weighted by Crippen LogP contribution is 2.26. The lowest BCUT2D eigenvalue weighted by Gasteiger charge is -2.10. The van der Waals surface area contributed by atoms with Gasteiger partial charge in [-0.25, -0.2) is 4.98 Å². The van der Waals surface area contributed by atoms with E-state index in [1.807, 2.05) is 6.07 Å². The molecule has 2 heterocycles. The van der Waals surface area contributed by atoms with Gasteiger partial charge in [-0.2, -0.15) is 0 Å². The van der Waals surface area contributed by atoms with Gasteiger partial charge in [0.25, 0.3) is 0 Å². The Morgan fingerprint density at radius 2 is 2.00 bits per heavy atom. The molecule has 104 valence electrons. The van der Waals surface area contributed by atoms with Gasteiger partial charge < -0.3 is 4.90 Å². The highest BCUT2D eigenvalue weighted by atomic mass is 32.1. The summed E-state index contributed by atoms with van der Waals surface area (Å²) in [6.45, 7) is 1.12. The number of para-hydroxylation sites is 1. The Labute approximate surface area is 123 Å². The fraction of sp³-hybridized carbons (Fsp3) is 0.312. The van der Waals surface area contributed by atoms with E-state index in [9.17, 15) is 0 Å². The number of thiazole rings is 1. The molecule has 0 spiro atoms. The maximum Gasteiger partial charge on any atom is 0.194 e. The summed E-state index contributed by atoms with van der Waals surface area (Å²) in [6.07, 6.45) is 4.37. The third kappa shape index (κ3) is 2.76. The number of hydrogen-bond donors (Lipinski definition) is 0. The first kappa shape index (κ1) is 13.3. The van der Waals surface area contributed by atoms with Crippen molar-refractivity contribution < 1.29 is 0 Å². The number of benzene rings is 1. The molecule has 0 fully saturated rings. The molecule has 4 heteroatoms. The van der Waals surface area contributed by atoms with E-state index in [1.54, 1.807) is 11.3 Å². The Morgan fingerprint density at radius 1 is 1.15 bits per heavy atom. The summed E-state index contributed by atoms with van der Waals surface area (Å²) in [4.78, 5) is 6.96. The van der Waals surface area contributed by atoms with Gasteiger partial charge >= 0.3 is 0 Å². The molecule has 0 aliphatic rings. The molecule has 3 aromatic rings. The van der Waals surface area contributed by atoms with Crippen LogP contribution in [-0.4, -0.2) is 35.1 Å². The van der Waals surface area contributed by atoms with Crippen LogP contribution in [0.4, 0.5) is 0 Å². The highest BCUT2D eigenvalue weighted by molar-refractivity contribution is 7.20. The van der Waals surface area contributed by atoms with E-state index < -0.39 is 0 Å². The summed E-state index contributed by atoms with van der Waals surface area (Å²) >= 11 is 1.75. The average Bonchev–Trinajstić information content (AvgIpc) is 3.03. The molecule has 2 aromatic heterocycles. The summed E-state index contributed by atoms with van der Waals surface area (Å²) in [5, 5.41) is 1.07. The van der Waals surface area contributed by atoms with Crippen LogP contribution in [0.5, 0.6) is 0 Å². The van der Waals surface area contributed by atoms with E-state index in [2.05, 4.69) is 60.1 Å². The molecule has 20 heavy (non-hydrogen) atoms. The lowest BCUT2D eigenvalue weighted by Crippen LogP contribution is -2.14. The van der Waals surface area contributed by atoms with Crippen molar-refractivity contribution in [1.82, 2.24) is 14.5 Å². The van der Waals surface area contributed by atoms with E-state index in [-0.39, 0.29) is 0 Å². The minimum atomic E-state index is 1.07. The number of aromatic nitrogens is 2. The molecule has 0 amide bonds. The second kappa shape index (κ2) is 5.77. The van der Waals surface area contributed by atoms with Gasteiger partial charge in [-0.15, -0.1) is 0 Å². The molecule has 3 nitrogen and oxygen atoms in total. The molecule has 1 aromatic carbocycles. The minimum Gasteiger partial charge on any atom is -0.309 e. The normalized spacial score (nSPS) is 11.6. The molecule has 3 rings (SSSR count). The molecule has 0 radical (unpaired) electrons. The van der Waals surface area contributed by atoms with Crippen molar-refractivity contribution in [2.24, 2.45) is 0 Å². The monoisotopic (exact) mass is 285 g/mol. The molecule has 0 aliphatic carbocycles. The van der Waals surface area contributed by atoms with E-state index in [4.69, 9.17) is 4.98 Å². The lowest BCUT2D eigenvalue weighted by atomic mass is 10.2. The van der Waals surface area contributed by atoms with Gasteiger partial charge in [0.2, 0.25) is 0 Å². The summed E-state index contributed by atoms with van der Waals surface area (Å²) in [5.74, 6) is 0. The van der Waals surface area contributed by atoms with Crippen molar-refractivity contribution in [2.45, 2.75) is 12.8 Å². The number of hydrogen-bond acceptors (Lipinski definition) is 3. The van der Waals surface area contributed by atoms with Crippen LogP contribution < -0.4 is 0 Å². The van der Waals surface area contributed by atoms with Crippen LogP contribution in [0.15, 0.2) is 42.6 Å². The van der Waals surface area contributed by atoms with Crippen LogP contribution >= 0.6 is 11.3 Å². The second-order valence-electron chi connectivity index (χ2n) is 5.24. The van der Waals surface area contributed by atoms with Crippen molar-refractivity contribution in [1.29, 1.82) is 0 Å². The second-order valence-corrected chi connectivity index (χ2v) is 6.25. The summed E-state index contributed by atoms with van der Waals surface area (Å²) < 4.78 is 3.47. The molecule has 0 aliphatic heterocycles. The minimum absolute atomic E-state index is 1.07. The zero-order chi connectivity index (χ0) is 13.9. The number of aryl methyl sites for hydroxylation is 1. The fourth-order valence-corrected chi connectivity index (χ4v) is 3.33. The molecule has 0 unspecified atom stereocenters. The van der Waals surface area contributed by atoms with Gasteiger partial charge in [-0.3, -0.25) is 4.57 Å². The zero-order valence-electron chi connectivity index (χ0n) is 11.9. The Kier molecular flexibility index (Phi) is 3.85. The van der Waals surface area contributed by atoms with E-state index in [0.29, 0.717) is 0 Å². The van der Waals surface area contributed by atoms with Gasteiger partial charge in [0.05, 0.1) is 10.2 Å². The smallest absolute Gasteiger partial charge is 0.194 e. The van der Waals surface area contributed by atoms with Gasteiger partial charge in [0.15, 0.2) is 5.13 Å². The van der Waals surface area contributed by atoms with Gasteiger partial charge in [-0.05, 0) is 57.7 Å². The lowest BCUT2D eigenvalue weighted by molar-refractivity contribution is 0.399. The Balaban J connectivity index is 1.85. The van der Waals surface area contributed by atoms with Crippen LogP contribution in [0.2, 0.25) is 0 Å². The third-order valence-corrected chi connectivity index (χ3v) is 4.40. The first-order valence-corrected chi connectivity index (χ1v) is 7.72. The van der Waals surface area contributed by atoms with Crippen LogP contribution in [0.25, 0.3) is 15.3 Å². The van der Waals surface area contributed by atoms with E-state index in [1.165, 1.54) is 16.8 Å². The van der Waals surface area contributed by atoms with Crippen LogP contribution in [0.3, 0.4) is 0 Å². The van der Waals surface area contributed by atoms with Crippen molar-refractivity contribution in [2.75, 3.05) is 20.6 Å². The zero-order valence-corrected chi connectivity index (χ0v) is 12.7. The predicted octanol–water partition coefficient (Wildman–Crippen LogP) is 3.58. The highest BCUT2D eigenvalue weighted by Gasteiger charge is 2.08. The summed E-state index contributed by atoms with van der Waals surface area (Å²) in [5.41, 5.74) is 2.42. The molecule has 0 saturated carbocycles. The van der Waals surface area contributed by atoms with Crippen LogP contribution in [-0.2, 0) is 6.42 Å². The van der Waals surface area contributed by atoms with E-state index in [0.717, 1.165) is 23.6 Å². The fourth-order valence-electron chi connectivity index (χ4n) is 2.35. The molecular formula is C16H19N3S. The quantitative estimate of drug-likeness (QED) is 0.714. The Bertz CT molecular complexity index is 663. The molecule has 0 bridgehead atoms. The first-order valence-electron chi connectivity index (χ1n) is 6.91. The number of rotatable bonds is 5. The predicted molar refractivity (Wildman–Crippen MR) is 85.8 cm³/mol. The third-order valence-electron chi connectivity index (χ3n) is 3.36. The van der Waals surface area contributed by atoms with Crippen molar-refractivity contribution in [3.8, 4) is 5.13 Å². The van der Waals surface area contributed by atoms with Crippen molar-refractivity contribution in [3.63, 3.8) is 0 Å². The largest absolute Gasteiger partial charge is 0.309 e. The maximum atomic E-state index is 4.73. The van der Waals surface area contributed by atoms with Gasteiger partial charge in [-0.1, -0.05) is 23.5 Å². The topological polar surface area (TPSA) is 21.1 Å². The van der Waals surface area contributed by atoms with E-state index >= 15 is 0 Å². The molecular weight excluding hydrogens is 266 g/mol. The number of nitrogens with zero attached hydrogens (tertiary/aromatic N) is 3. The molecule has 0 N–H and O–H groups in total. The first-order chi connectivity index (χ1) is 9.74. The Hall–Kier alpha value is -1.65. The summed E-state index contributed by atoms with van der Waals surface area (Å²) in [6, 6.07) is 12.6. The standard InChI is InChI=1S/C16H19N3S/c1-18(2)11-5-7-13-8-6-12-19(13)16-17-14-9-3-4-10-15(14)20-16/h3-4,6,8-10,12H,5,7,11H2,1-2H3. The average molecular weight is 285 g/mol. The van der Waals surface area contributed by atoms with Gasteiger partial charge in [0, 0.05) is 11.9 Å². The summed E-state index contributed by atoms with van der Waals surface area (Å²) in [7, 11) is 4.24. The Morgan fingerprint density at radius 3 is 2.80 bits per heavy atom.